The van der Waals surface area contributed by atoms with Crippen LogP contribution in [0.2, 0.25) is 0 Å². The molecule has 0 saturated carbocycles. The van der Waals surface area contributed by atoms with Crippen LogP contribution in [0.5, 0.6) is 0 Å². The van der Waals surface area contributed by atoms with E-state index in [1.165, 1.54) is 44.2 Å². The minimum atomic E-state index is 1.07. The molecule has 2 aliphatic rings. The lowest BCUT2D eigenvalue weighted by molar-refractivity contribution is 1.17. The molecule has 0 amide bonds. The molecule has 0 nitrogen and oxygen atoms in total. The first-order valence-electron chi connectivity index (χ1n) is 8.64. The minimum Gasteiger partial charge on any atom is -0.0619 e. The summed E-state index contributed by atoms with van der Waals surface area (Å²) in [5.74, 6) is 0. The third-order valence-corrected chi connectivity index (χ3v) is 5.79. The zero-order chi connectivity index (χ0) is 15.7. The number of rotatable bonds is 0. The summed E-state index contributed by atoms with van der Waals surface area (Å²) in [6, 6.07) is 26.9. The van der Waals surface area contributed by atoms with Crippen molar-refractivity contribution in [2.45, 2.75) is 12.8 Å². The largest absolute Gasteiger partial charge is 0.0619 e. The molecule has 6 rings (SSSR count). The van der Waals surface area contributed by atoms with Gasteiger partial charge >= 0.3 is 0 Å². The lowest BCUT2D eigenvalue weighted by Gasteiger charge is -2.07. The summed E-state index contributed by atoms with van der Waals surface area (Å²) in [4.78, 5) is 0. The second kappa shape index (κ2) is 4.36. The van der Waals surface area contributed by atoms with Gasteiger partial charge in [0.05, 0.1) is 0 Å². The summed E-state index contributed by atoms with van der Waals surface area (Å²) in [7, 11) is 0. The van der Waals surface area contributed by atoms with Crippen LogP contribution in [-0.4, -0.2) is 0 Å². The van der Waals surface area contributed by atoms with Crippen LogP contribution >= 0.6 is 0 Å². The quantitative estimate of drug-likeness (QED) is 0.324. The van der Waals surface area contributed by atoms with E-state index in [1.807, 2.05) is 0 Å². The van der Waals surface area contributed by atoms with Gasteiger partial charge in [-0.05, 0) is 68.1 Å². The first-order chi connectivity index (χ1) is 11.9. The van der Waals surface area contributed by atoms with Gasteiger partial charge in [-0.1, -0.05) is 72.8 Å². The zero-order valence-corrected chi connectivity index (χ0v) is 13.3. The van der Waals surface area contributed by atoms with E-state index in [4.69, 9.17) is 0 Å². The van der Waals surface area contributed by atoms with E-state index in [0.717, 1.165) is 12.8 Å². The maximum Gasteiger partial charge on any atom is -0.000421 e. The van der Waals surface area contributed by atoms with Gasteiger partial charge in [-0.15, -0.1) is 0 Å². The van der Waals surface area contributed by atoms with Gasteiger partial charge in [0.15, 0.2) is 0 Å². The van der Waals surface area contributed by atoms with Crippen molar-refractivity contribution in [3.05, 3.63) is 95.1 Å². The average molecular weight is 304 g/mol. The number of hydrogen-bond acceptors (Lipinski definition) is 0. The fourth-order valence-corrected chi connectivity index (χ4v) is 4.68. The van der Waals surface area contributed by atoms with Gasteiger partial charge in [-0.2, -0.15) is 0 Å². The van der Waals surface area contributed by atoms with Crippen LogP contribution in [0, 0.1) is 0 Å². The Morgan fingerprint density at radius 1 is 0.458 bits per heavy atom. The molecule has 0 fully saturated rings. The van der Waals surface area contributed by atoms with E-state index in [9.17, 15) is 0 Å². The first-order valence-corrected chi connectivity index (χ1v) is 8.64. The Hall–Kier alpha value is -2.86. The number of fused-ring (bicyclic) bond motifs is 9. The Labute approximate surface area is 141 Å². The van der Waals surface area contributed by atoms with E-state index in [0.29, 0.717) is 0 Å². The molecule has 4 aromatic carbocycles. The van der Waals surface area contributed by atoms with Gasteiger partial charge < -0.3 is 0 Å². The fourth-order valence-electron chi connectivity index (χ4n) is 4.68. The summed E-state index contributed by atoms with van der Waals surface area (Å²) in [6.07, 6.45) is 2.16. The molecule has 0 heterocycles. The molecule has 0 aromatic heterocycles. The SMILES string of the molecule is c1ccc2c(c1)Cc1c-2ccc2c1Cc1c-2ccc2ccccc12. The van der Waals surface area contributed by atoms with Crippen molar-refractivity contribution < 1.29 is 0 Å². The van der Waals surface area contributed by atoms with Crippen LogP contribution in [0.1, 0.15) is 22.3 Å². The maximum absolute atomic E-state index is 2.34. The van der Waals surface area contributed by atoms with Gasteiger partial charge in [0.2, 0.25) is 0 Å². The standard InChI is InChI=1S/C24H16/c1-3-7-17-15(5-1)9-10-20-21-12-11-19-18-8-4-2-6-16(18)13-22(19)24(21)14-23(17)20/h1-12H,13-14H2. The Bertz CT molecular complexity index is 1150. The van der Waals surface area contributed by atoms with Gasteiger partial charge in [0.25, 0.3) is 0 Å². The van der Waals surface area contributed by atoms with Gasteiger partial charge in [0, 0.05) is 0 Å². The molecule has 0 aliphatic heterocycles. The Kier molecular flexibility index (Phi) is 2.28. The molecule has 0 atom stereocenters. The highest BCUT2D eigenvalue weighted by molar-refractivity contribution is 5.96. The fraction of sp³-hybridized carbons (Fsp3) is 0.0833. The zero-order valence-electron chi connectivity index (χ0n) is 13.3. The molecular formula is C24H16. The third-order valence-electron chi connectivity index (χ3n) is 5.79. The topological polar surface area (TPSA) is 0 Å². The Morgan fingerprint density at radius 2 is 1.12 bits per heavy atom. The Balaban J connectivity index is 1.62. The summed E-state index contributed by atoms with van der Waals surface area (Å²) in [5, 5.41) is 2.76. The second-order valence-electron chi connectivity index (χ2n) is 6.94. The van der Waals surface area contributed by atoms with Crippen molar-refractivity contribution >= 4 is 10.8 Å². The smallest absolute Gasteiger partial charge is 0.000421 e. The van der Waals surface area contributed by atoms with E-state index < -0.39 is 0 Å². The van der Waals surface area contributed by atoms with E-state index in [2.05, 4.69) is 72.8 Å². The molecule has 112 valence electrons. The highest BCUT2D eigenvalue weighted by atomic mass is 14.3. The molecule has 0 radical (unpaired) electrons. The van der Waals surface area contributed by atoms with Crippen LogP contribution in [0.3, 0.4) is 0 Å². The predicted molar refractivity (Wildman–Crippen MR) is 100 cm³/mol. The lowest BCUT2D eigenvalue weighted by Crippen LogP contribution is -1.91. The highest BCUT2D eigenvalue weighted by Gasteiger charge is 2.28. The summed E-state index contributed by atoms with van der Waals surface area (Å²) in [5.41, 5.74) is 11.8. The van der Waals surface area contributed by atoms with Crippen LogP contribution in [-0.2, 0) is 12.8 Å². The van der Waals surface area contributed by atoms with E-state index >= 15 is 0 Å². The molecular weight excluding hydrogens is 288 g/mol. The minimum absolute atomic E-state index is 1.07. The molecule has 4 aromatic rings. The summed E-state index contributed by atoms with van der Waals surface area (Å²) >= 11 is 0. The van der Waals surface area contributed by atoms with Crippen molar-refractivity contribution in [2.75, 3.05) is 0 Å². The molecule has 24 heavy (non-hydrogen) atoms. The maximum atomic E-state index is 2.34. The number of hydrogen-bond donors (Lipinski definition) is 0. The first kappa shape index (κ1) is 12.5. The third kappa shape index (κ3) is 1.48. The van der Waals surface area contributed by atoms with E-state index in [1.54, 1.807) is 11.1 Å². The molecule has 0 N–H and O–H groups in total. The normalized spacial score (nSPS) is 13.5. The second-order valence-corrected chi connectivity index (χ2v) is 6.94. The van der Waals surface area contributed by atoms with Crippen molar-refractivity contribution in [1.29, 1.82) is 0 Å². The molecule has 0 spiro atoms. The molecule has 0 unspecified atom stereocenters. The highest BCUT2D eigenvalue weighted by Crippen LogP contribution is 2.47. The van der Waals surface area contributed by atoms with Crippen molar-refractivity contribution in [3.8, 4) is 22.3 Å². The van der Waals surface area contributed by atoms with Crippen molar-refractivity contribution in [2.24, 2.45) is 0 Å². The Morgan fingerprint density at radius 3 is 2.08 bits per heavy atom. The molecule has 0 saturated heterocycles. The van der Waals surface area contributed by atoms with E-state index in [-0.39, 0.29) is 0 Å². The van der Waals surface area contributed by atoms with Gasteiger partial charge in [0.1, 0.15) is 0 Å². The summed E-state index contributed by atoms with van der Waals surface area (Å²) < 4.78 is 0. The van der Waals surface area contributed by atoms with Crippen LogP contribution in [0.4, 0.5) is 0 Å². The van der Waals surface area contributed by atoms with Gasteiger partial charge in [-0.25, -0.2) is 0 Å². The average Bonchev–Trinajstić information content (AvgIpc) is 3.20. The number of benzene rings is 4. The molecule has 0 heteroatoms. The molecule has 0 bridgehead atoms. The summed E-state index contributed by atoms with van der Waals surface area (Å²) in [6.45, 7) is 0. The monoisotopic (exact) mass is 304 g/mol. The lowest BCUT2D eigenvalue weighted by atomic mass is 9.96. The predicted octanol–water partition coefficient (Wildman–Crippen LogP) is 5.98. The van der Waals surface area contributed by atoms with Crippen LogP contribution in [0.25, 0.3) is 33.0 Å². The van der Waals surface area contributed by atoms with Gasteiger partial charge in [-0.3, -0.25) is 0 Å². The van der Waals surface area contributed by atoms with Crippen molar-refractivity contribution in [1.82, 2.24) is 0 Å². The molecule has 2 aliphatic carbocycles. The van der Waals surface area contributed by atoms with Crippen LogP contribution in [0.15, 0.2) is 72.8 Å². The van der Waals surface area contributed by atoms with Crippen LogP contribution < -0.4 is 0 Å². The van der Waals surface area contributed by atoms with Crippen molar-refractivity contribution in [3.63, 3.8) is 0 Å².